The molecule has 2 heteroatoms. The van der Waals surface area contributed by atoms with E-state index in [1.165, 1.54) is 17.7 Å². The van der Waals surface area contributed by atoms with Crippen LogP contribution in [0.5, 0.6) is 0 Å². The Balaban J connectivity index is 2.89. The topological polar surface area (TPSA) is 15.3 Å². The van der Waals surface area contributed by atoms with E-state index in [0.717, 1.165) is 13.1 Å². The summed E-state index contributed by atoms with van der Waals surface area (Å²) in [6.45, 7) is 17.9. The predicted molar refractivity (Wildman–Crippen MR) is 90.4 cm³/mol. The van der Waals surface area contributed by atoms with Crippen LogP contribution in [0.25, 0.3) is 0 Å². The highest BCUT2D eigenvalue weighted by Gasteiger charge is 2.31. The van der Waals surface area contributed by atoms with Crippen LogP contribution in [0.15, 0.2) is 24.3 Å². The van der Waals surface area contributed by atoms with Crippen molar-refractivity contribution >= 4 is 5.69 Å². The number of hydrogen-bond acceptors (Lipinski definition) is 2. The molecule has 20 heavy (non-hydrogen) atoms. The van der Waals surface area contributed by atoms with Crippen LogP contribution in [0.2, 0.25) is 0 Å². The first-order valence-electron chi connectivity index (χ1n) is 7.76. The summed E-state index contributed by atoms with van der Waals surface area (Å²) in [7, 11) is 0. The van der Waals surface area contributed by atoms with E-state index < -0.39 is 0 Å². The van der Waals surface area contributed by atoms with Gasteiger partial charge in [0.1, 0.15) is 0 Å². The van der Waals surface area contributed by atoms with Crippen LogP contribution in [-0.2, 0) is 6.54 Å². The first-order chi connectivity index (χ1) is 9.16. The van der Waals surface area contributed by atoms with Gasteiger partial charge in [0.2, 0.25) is 0 Å². The van der Waals surface area contributed by atoms with Crippen molar-refractivity contribution in [1.82, 2.24) is 5.32 Å². The van der Waals surface area contributed by atoms with Crippen LogP contribution in [0, 0.1) is 0 Å². The van der Waals surface area contributed by atoms with Gasteiger partial charge in [-0.1, -0.05) is 19.1 Å². The molecule has 1 N–H and O–H groups in total. The third-order valence-electron chi connectivity index (χ3n) is 3.29. The average Bonchev–Trinajstić information content (AvgIpc) is 2.28. The second-order valence-corrected chi connectivity index (χ2v) is 7.52. The maximum atomic E-state index is 3.45. The van der Waals surface area contributed by atoms with Gasteiger partial charge < -0.3 is 10.2 Å². The molecule has 0 aliphatic carbocycles. The zero-order valence-corrected chi connectivity index (χ0v) is 14.4. The van der Waals surface area contributed by atoms with Crippen molar-refractivity contribution in [2.45, 2.75) is 72.5 Å². The molecule has 2 nitrogen and oxygen atoms in total. The van der Waals surface area contributed by atoms with Gasteiger partial charge in [-0.15, -0.1) is 0 Å². The van der Waals surface area contributed by atoms with E-state index in [1.54, 1.807) is 0 Å². The van der Waals surface area contributed by atoms with Gasteiger partial charge in [0.25, 0.3) is 0 Å². The lowest BCUT2D eigenvalue weighted by Gasteiger charge is -2.47. The maximum Gasteiger partial charge on any atom is 0.0375 e. The van der Waals surface area contributed by atoms with Crippen LogP contribution >= 0.6 is 0 Å². The fraction of sp³-hybridized carbons (Fsp3) is 0.667. The summed E-state index contributed by atoms with van der Waals surface area (Å²) in [6, 6.07) is 8.98. The van der Waals surface area contributed by atoms with Crippen LogP contribution < -0.4 is 10.2 Å². The lowest BCUT2D eigenvalue weighted by molar-refractivity contribution is 0.381. The summed E-state index contributed by atoms with van der Waals surface area (Å²) in [5.74, 6) is 0. The van der Waals surface area contributed by atoms with E-state index in [9.17, 15) is 0 Å². The van der Waals surface area contributed by atoms with E-state index in [0.29, 0.717) is 0 Å². The Kier molecular flexibility index (Phi) is 5.64. The van der Waals surface area contributed by atoms with Gasteiger partial charge in [-0.2, -0.15) is 0 Å². The zero-order valence-electron chi connectivity index (χ0n) is 14.4. The van der Waals surface area contributed by atoms with Gasteiger partial charge in [-0.25, -0.2) is 0 Å². The molecule has 0 saturated heterocycles. The third kappa shape index (κ3) is 4.82. The van der Waals surface area contributed by atoms with Crippen molar-refractivity contribution in [3.63, 3.8) is 0 Å². The molecule has 0 amide bonds. The molecule has 1 aromatic rings. The molecule has 0 aromatic heterocycles. The molecule has 0 heterocycles. The van der Waals surface area contributed by atoms with Gasteiger partial charge in [-0.3, -0.25) is 0 Å². The van der Waals surface area contributed by atoms with Gasteiger partial charge in [0.15, 0.2) is 0 Å². The number of anilines is 1. The summed E-state index contributed by atoms with van der Waals surface area (Å²) in [5, 5.41) is 3.45. The van der Waals surface area contributed by atoms with Crippen molar-refractivity contribution in [3.05, 3.63) is 29.8 Å². The van der Waals surface area contributed by atoms with Gasteiger partial charge in [-0.05, 0) is 72.2 Å². The monoisotopic (exact) mass is 276 g/mol. The molecule has 0 radical (unpaired) electrons. The molecule has 0 aliphatic rings. The summed E-state index contributed by atoms with van der Waals surface area (Å²) in [5.41, 5.74) is 2.87. The summed E-state index contributed by atoms with van der Waals surface area (Å²) in [4.78, 5) is 2.49. The van der Waals surface area contributed by atoms with Gasteiger partial charge in [0, 0.05) is 23.3 Å². The van der Waals surface area contributed by atoms with Crippen LogP contribution in [0.1, 0.15) is 60.5 Å². The molecule has 0 bridgehead atoms. The zero-order chi connectivity index (χ0) is 15.4. The number of nitrogens with zero attached hydrogens (tertiary/aromatic N) is 1. The number of rotatable bonds is 5. The van der Waals surface area contributed by atoms with E-state index in [1.807, 2.05) is 0 Å². The minimum Gasteiger partial charge on any atom is -0.362 e. The lowest BCUT2D eigenvalue weighted by atomic mass is 9.94. The molecular weight excluding hydrogens is 244 g/mol. The minimum atomic E-state index is 0.111. The molecular formula is C18H32N2. The Hall–Kier alpha value is -1.02. The Morgan fingerprint density at radius 2 is 1.40 bits per heavy atom. The predicted octanol–water partition coefficient (Wildman–Crippen LogP) is 4.59. The molecule has 0 atom stereocenters. The maximum absolute atomic E-state index is 3.45. The lowest BCUT2D eigenvalue weighted by Crippen LogP contribution is -2.53. The second-order valence-electron chi connectivity index (χ2n) is 7.52. The fourth-order valence-electron chi connectivity index (χ4n) is 2.95. The molecule has 0 unspecified atom stereocenters. The van der Waals surface area contributed by atoms with Crippen molar-refractivity contribution in [3.8, 4) is 0 Å². The van der Waals surface area contributed by atoms with Crippen molar-refractivity contribution < 1.29 is 0 Å². The Morgan fingerprint density at radius 1 is 0.900 bits per heavy atom. The van der Waals surface area contributed by atoms with Crippen LogP contribution in [0.4, 0.5) is 5.69 Å². The van der Waals surface area contributed by atoms with Crippen molar-refractivity contribution in [2.75, 3.05) is 11.4 Å². The Morgan fingerprint density at radius 3 is 1.80 bits per heavy atom. The number of hydrogen-bond donors (Lipinski definition) is 1. The highest BCUT2D eigenvalue weighted by molar-refractivity contribution is 5.52. The fourth-order valence-corrected chi connectivity index (χ4v) is 2.95. The average molecular weight is 276 g/mol. The minimum absolute atomic E-state index is 0.111. The number of benzene rings is 1. The highest BCUT2D eigenvalue weighted by atomic mass is 15.2. The Labute approximate surface area is 125 Å². The van der Waals surface area contributed by atoms with Crippen LogP contribution in [0.3, 0.4) is 0 Å². The normalized spacial score (nSPS) is 12.6. The first-order valence-corrected chi connectivity index (χ1v) is 7.76. The van der Waals surface area contributed by atoms with Crippen LogP contribution in [-0.4, -0.2) is 17.6 Å². The molecule has 0 fully saturated rings. The van der Waals surface area contributed by atoms with E-state index in [-0.39, 0.29) is 11.1 Å². The molecule has 1 rings (SSSR count). The second kappa shape index (κ2) is 6.62. The molecule has 114 valence electrons. The quantitative estimate of drug-likeness (QED) is 0.791. The van der Waals surface area contributed by atoms with E-state index in [4.69, 9.17) is 0 Å². The summed E-state index contributed by atoms with van der Waals surface area (Å²) < 4.78 is 0. The molecule has 1 aromatic carbocycles. The standard InChI is InChI=1S/C18H32N2/c1-8-13-19-14-15-9-11-16(12-10-15)20(17(2,3)4)18(5,6)7/h9-12,19H,8,13-14H2,1-7H3. The highest BCUT2D eigenvalue weighted by Crippen LogP contribution is 2.31. The number of nitrogens with one attached hydrogen (secondary N) is 1. The molecule has 0 aliphatic heterocycles. The summed E-state index contributed by atoms with van der Waals surface area (Å²) in [6.07, 6.45) is 1.18. The van der Waals surface area contributed by atoms with Crippen molar-refractivity contribution in [2.24, 2.45) is 0 Å². The summed E-state index contributed by atoms with van der Waals surface area (Å²) >= 11 is 0. The molecule has 0 spiro atoms. The van der Waals surface area contributed by atoms with Gasteiger partial charge >= 0.3 is 0 Å². The SMILES string of the molecule is CCCNCc1ccc(N(C(C)(C)C)C(C)(C)C)cc1. The Bertz CT molecular complexity index is 379. The first kappa shape index (κ1) is 17.0. The molecule has 0 saturated carbocycles. The van der Waals surface area contributed by atoms with E-state index in [2.05, 4.69) is 82.9 Å². The smallest absolute Gasteiger partial charge is 0.0375 e. The van der Waals surface area contributed by atoms with E-state index >= 15 is 0 Å². The van der Waals surface area contributed by atoms with Gasteiger partial charge in [0.05, 0.1) is 0 Å². The third-order valence-corrected chi connectivity index (χ3v) is 3.29. The van der Waals surface area contributed by atoms with Crippen molar-refractivity contribution in [1.29, 1.82) is 0 Å². The largest absolute Gasteiger partial charge is 0.362 e.